The van der Waals surface area contributed by atoms with Crippen LogP contribution < -0.4 is 0 Å². The molecule has 0 aromatic carbocycles. The van der Waals surface area contributed by atoms with E-state index in [9.17, 15) is 5.11 Å². The van der Waals surface area contributed by atoms with Crippen LogP contribution in [0.2, 0.25) is 54.4 Å². The first kappa shape index (κ1) is 39.3. The molecule has 1 rings (SSSR count). The number of aliphatic hydroxyl groups excluding tert-OH is 1. The largest absolute Gasteiger partial charge is 0.417 e. The van der Waals surface area contributed by atoms with Gasteiger partial charge in [-0.15, -0.1) is 6.58 Å². The molecule has 0 saturated heterocycles. The van der Waals surface area contributed by atoms with Gasteiger partial charge in [-0.3, -0.25) is 0 Å². The standard InChI is InChI=1S/C34H72O4Si3/c1-17-21-28-29(31(26-30(28)35)38-41(15,16)34(8,9)10)24-23-27(37-40(13,14)33(5,6)7)22-19-18-20-25-36-39(11,12)32(2,3)4/h17,27-31,35H,1,18-26H2,2-16H3/t27?,28-,29-,30+,31-/m1/s1. The van der Waals surface area contributed by atoms with E-state index in [1.54, 1.807) is 0 Å². The summed E-state index contributed by atoms with van der Waals surface area (Å²) < 4.78 is 20.5. The maximum Gasteiger partial charge on any atom is 0.192 e. The Morgan fingerprint density at radius 1 is 0.756 bits per heavy atom. The molecule has 1 fully saturated rings. The third-order valence-electron chi connectivity index (χ3n) is 11.2. The molecular formula is C34H72O4Si3. The van der Waals surface area contributed by atoms with Crippen molar-refractivity contribution in [3.05, 3.63) is 12.7 Å². The lowest BCUT2D eigenvalue weighted by molar-refractivity contribution is 0.0917. The number of rotatable bonds is 16. The molecule has 0 heterocycles. The molecule has 0 radical (unpaired) electrons. The molecule has 5 atom stereocenters. The van der Waals surface area contributed by atoms with Crippen molar-refractivity contribution < 1.29 is 18.4 Å². The lowest BCUT2D eigenvalue weighted by Crippen LogP contribution is -2.45. The van der Waals surface area contributed by atoms with E-state index in [2.05, 4.69) is 108 Å². The Balaban J connectivity index is 2.96. The Labute approximate surface area is 260 Å². The number of allylic oxidation sites excluding steroid dienone is 1. The fraction of sp³-hybridized carbons (Fsp3) is 0.941. The van der Waals surface area contributed by atoms with E-state index in [4.69, 9.17) is 13.3 Å². The van der Waals surface area contributed by atoms with Crippen LogP contribution in [0.3, 0.4) is 0 Å². The van der Waals surface area contributed by atoms with Crippen LogP contribution in [0.5, 0.6) is 0 Å². The monoisotopic (exact) mass is 628 g/mol. The quantitative estimate of drug-likeness (QED) is 0.105. The van der Waals surface area contributed by atoms with E-state index in [1.165, 1.54) is 12.8 Å². The van der Waals surface area contributed by atoms with Gasteiger partial charge in [0, 0.05) is 12.7 Å². The van der Waals surface area contributed by atoms with Crippen molar-refractivity contribution in [2.24, 2.45) is 11.8 Å². The first-order valence-electron chi connectivity index (χ1n) is 16.6. The van der Waals surface area contributed by atoms with Gasteiger partial charge in [0.2, 0.25) is 0 Å². The van der Waals surface area contributed by atoms with E-state index in [-0.39, 0.29) is 39.3 Å². The Bertz CT molecular complexity index is 789. The highest BCUT2D eigenvalue weighted by molar-refractivity contribution is 6.74. The molecule has 0 aromatic rings. The molecular weight excluding hydrogens is 557 g/mol. The van der Waals surface area contributed by atoms with Crippen molar-refractivity contribution in [2.45, 2.75) is 186 Å². The van der Waals surface area contributed by atoms with Crippen molar-refractivity contribution >= 4 is 25.0 Å². The molecule has 1 aliphatic rings. The molecule has 1 aliphatic carbocycles. The second-order valence-electron chi connectivity index (χ2n) is 17.6. The van der Waals surface area contributed by atoms with Crippen LogP contribution in [0.4, 0.5) is 0 Å². The van der Waals surface area contributed by atoms with Crippen LogP contribution >= 0.6 is 0 Å². The van der Waals surface area contributed by atoms with Crippen LogP contribution in [0.25, 0.3) is 0 Å². The second kappa shape index (κ2) is 15.0. The molecule has 7 heteroatoms. The van der Waals surface area contributed by atoms with Crippen molar-refractivity contribution in [3.63, 3.8) is 0 Å². The minimum atomic E-state index is -1.94. The van der Waals surface area contributed by atoms with Gasteiger partial charge in [-0.05, 0) is 105 Å². The predicted octanol–water partition coefficient (Wildman–Crippen LogP) is 10.7. The Hall–Kier alpha value is 0.231. The predicted molar refractivity (Wildman–Crippen MR) is 187 cm³/mol. The van der Waals surface area contributed by atoms with Gasteiger partial charge in [0.1, 0.15) is 0 Å². The highest BCUT2D eigenvalue weighted by Gasteiger charge is 2.48. The van der Waals surface area contributed by atoms with Gasteiger partial charge >= 0.3 is 0 Å². The molecule has 1 unspecified atom stereocenters. The SMILES string of the molecule is C=CC[C@@H]1[C@@H](CCC(CCCCCO[Si](C)(C)C(C)(C)C)O[Si](C)(C)C(C)(C)C)[C@H](O[Si](C)(C)C(C)(C)C)C[C@@H]1O. The molecule has 1 saturated carbocycles. The zero-order valence-electron chi connectivity index (χ0n) is 30.2. The van der Waals surface area contributed by atoms with Crippen LogP contribution in [-0.4, -0.2) is 55.0 Å². The smallest absolute Gasteiger partial charge is 0.192 e. The molecule has 4 nitrogen and oxygen atoms in total. The minimum absolute atomic E-state index is 0.122. The summed E-state index contributed by atoms with van der Waals surface area (Å²) in [7, 11) is -5.52. The minimum Gasteiger partial charge on any atom is -0.417 e. The lowest BCUT2D eigenvalue weighted by Gasteiger charge is -2.41. The highest BCUT2D eigenvalue weighted by atomic mass is 28.4. The zero-order chi connectivity index (χ0) is 32.1. The maximum absolute atomic E-state index is 11.1. The average molecular weight is 629 g/mol. The highest BCUT2D eigenvalue weighted by Crippen LogP contribution is 2.46. The fourth-order valence-corrected chi connectivity index (χ4v) is 9.08. The van der Waals surface area contributed by atoms with E-state index in [0.717, 1.165) is 45.1 Å². The third kappa shape index (κ3) is 11.6. The van der Waals surface area contributed by atoms with Gasteiger partial charge in [0.05, 0.1) is 12.2 Å². The average Bonchev–Trinajstić information content (AvgIpc) is 3.05. The topological polar surface area (TPSA) is 47.9 Å². The molecule has 0 bridgehead atoms. The second-order valence-corrected chi connectivity index (χ2v) is 31.9. The first-order chi connectivity index (χ1) is 18.4. The normalized spacial score (nSPS) is 24.1. The van der Waals surface area contributed by atoms with Crippen molar-refractivity contribution in [1.29, 1.82) is 0 Å². The summed E-state index contributed by atoms with van der Waals surface area (Å²) in [6.45, 7) is 39.9. The van der Waals surface area contributed by atoms with Gasteiger partial charge in [0.15, 0.2) is 25.0 Å². The zero-order valence-corrected chi connectivity index (χ0v) is 33.2. The summed E-state index contributed by atoms with van der Waals surface area (Å²) >= 11 is 0. The van der Waals surface area contributed by atoms with Gasteiger partial charge in [-0.25, -0.2) is 0 Å². The summed E-state index contributed by atoms with van der Waals surface area (Å²) in [5.74, 6) is 0.573. The molecule has 0 spiro atoms. The van der Waals surface area contributed by atoms with Crippen molar-refractivity contribution in [1.82, 2.24) is 0 Å². The third-order valence-corrected chi connectivity index (χ3v) is 24.8. The van der Waals surface area contributed by atoms with E-state index < -0.39 is 25.0 Å². The van der Waals surface area contributed by atoms with Gasteiger partial charge in [0.25, 0.3) is 0 Å². The number of unbranched alkanes of at least 4 members (excludes halogenated alkanes) is 2. The summed E-state index contributed by atoms with van der Waals surface area (Å²) in [4.78, 5) is 0. The molecule has 41 heavy (non-hydrogen) atoms. The van der Waals surface area contributed by atoms with Crippen molar-refractivity contribution in [3.8, 4) is 0 Å². The van der Waals surface area contributed by atoms with Gasteiger partial charge in [-0.1, -0.05) is 81.2 Å². The summed E-state index contributed by atoms with van der Waals surface area (Å²) in [5.41, 5.74) is 0. The summed E-state index contributed by atoms with van der Waals surface area (Å²) in [6.07, 6.45) is 10.3. The van der Waals surface area contributed by atoms with E-state index >= 15 is 0 Å². The van der Waals surface area contributed by atoms with Gasteiger partial charge in [-0.2, -0.15) is 0 Å². The summed E-state index contributed by atoms with van der Waals surface area (Å²) in [5, 5.41) is 11.7. The van der Waals surface area contributed by atoms with Crippen LogP contribution in [0.15, 0.2) is 12.7 Å². The Kier molecular flexibility index (Phi) is 14.4. The number of hydrogen-bond donors (Lipinski definition) is 1. The first-order valence-corrected chi connectivity index (χ1v) is 25.4. The maximum atomic E-state index is 11.1. The van der Waals surface area contributed by atoms with Crippen LogP contribution in [0, 0.1) is 11.8 Å². The van der Waals surface area contributed by atoms with E-state index in [0.29, 0.717) is 5.92 Å². The lowest BCUT2D eigenvalue weighted by atomic mass is 9.86. The van der Waals surface area contributed by atoms with Crippen molar-refractivity contribution in [2.75, 3.05) is 6.61 Å². The Morgan fingerprint density at radius 2 is 1.29 bits per heavy atom. The number of aliphatic hydroxyl groups is 1. The van der Waals surface area contributed by atoms with Gasteiger partial charge < -0.3 is 18.4 Å². The van der Waals surface area contributed by atoms with Crippen LogP contribution in [0.1, 0.15) is 114 Å². The fourth-order valence-electron chi connectivity index (χ4n) is 5.19. The van der Waals surface area contributed by atoms with E-state index in [1.807, 2.05) is 6.08 Å². The molecule has 0 amide bonds. The van der Waals surface area contributed by atoms with Crippen LogP contribution in [-0.2, 0) is 13.3 Å². The Morgan fingerprint density at radius 3 is 1.78 bits per heavy atom. The molecule has 1 N–H and O–H groups in total. The molecule has 0 aliphatic heterocycles. The number of hydrogen-bond acceptors (Lipinski definition) is 4. The summed E-state index contributed by atoms with van der Waals surface area (Å²) in [6, 6.07) is 0. The molecule has 244 valence electrons. The molecule has 0 aromatic heterocycles.